The van der Waals surface area contributed by atoms with Gasteiger partial charge >= 0.3 is 5.97 Å². The molecule has 2 aliphatic rings. The number of hydrogen-bond acceptors (Lipinski definition) is 9. The lowest BCUT2D eigenvalue weighted by atomic mass is 9.71. The fourth-order valence-corrected chi connectivity index (χ4v) is 4.29. The van der Waals surface area contributed by atoms with Crippen molar-refractivity contribution >= 4 is 18.3 Å². The van der Waals surface area contributed by atoms with Crippen molar-refractivity contribution in [1.82, 2.24) is 0 Å². The Labute approximate surface area is 191 Å². The molecule has 0 spiro atoms. The zero-order valence-electron chi connectivity index (χ0n) is 19.0. The summed E-state index contributed by atoms with van der Waals surface area (Å²) in [5.41, 5.74) is 3.10. The molecule has 0 saturated heterocycles. The van der Waals surface area contributed by atoms with E-state index in [1.165, 1.54) is 27.5 Å². The minimum absolute atomic E-state index is 0.134. The summed E-state index contributed by atoms with van der Waals surface area (Å²) in [6.45, 7) is 0.134. The molecule has 0 radical (unpaired) electrons. The van der Waals surface area contributed by atoms with Crippen LogP contribution in [0.3, 0.4) is 0 Å². The number of nitrogens with zero attached hydrogens (tertiary/aromatic N) is 1. The maximum Gasteiger partial charge on any atom is 0.314 e. The van der Waals surface area contributed by atoms with Crippen molar-refractivity contribution in [2.24, 2.45) is 11.1 Å². The van der Waals surface area contributed by atoms with Crippen LogP contribution in [0.5, 0.6) is 28.7 Å². The number of carbonyl (C=O) groups excluding carboxylic acids is 1. The van der Waals surface area contributed by atoms with Crippen molar-refractivity contribution in [2.75, 3.05) is 42.3 Å². The Morgan fingerprint density at radius 3 is 2.21 bits per heavy atom. The van der Waals surface area contributed by atoms with Crippen molar-refractivity contribution in [1.29, 1.82) is 0 Å². The van der Waals surface area contributed by atoms with Crippen LogP contribution in [0.1, 0.15) is 22.6 Å². The molecule has 0 saturated carbocycles. The van der Waals surface area contributed by atoms with Gasteiger partial charge in [0.2, 0.25) is 12.5 Å². The molecule has 0 unspecified atom stereocenters. The summed E-state index contributed by atoms with van der Waals surface area (Å²) >= 11 is 0. The third-order valence-electron chi connectivity index (χ3n) is 5.74. The lowest BCUT2D eigenvalue weighted by Gasteiger charge is -2.32. The van der Waals surface area contributed by atoms with Crippen LogP contribution in [-0.4, -0.2) is 54.5 Å². The summed E-state index contributed by atoms with van der Waals surface area (Å²) in [5, 5.41) is 3.90. The van der Waals surface area contributed by atoms with E-state index in [1.54, 1.807) is 14.2 Å². The summed E-state index contributed by atoms with van der Waals surface area (Å²) in [5.74, 6) is 1.02. The van der Waals surface area contributed by atoms with Crippen molar-refractivity contribution < 1.29 is 38.1 Å². The lowest BCUT2D eigenvalue weighted by Crippen LogP contribution is -2.30. The molecule has 0 amide bonds. The van der Waals surface area contributed by atoms with E-state index >= 15 is 0 Å². The Morgan fingerprint density at radius 1 is 0.970 bits per heavy atom. The van der Waals surface area contributed by atoms with Crippen LogP contribution in [-0.2, 0) is 14.4 Å². The van der Waals surface area contributed by atoms with Gasteiger partial charge in [-0.25, -0.2) is 0 Å². The minimum atomic E-state index is -0.718. The minimum Gasteiger partial charge on any atom is -0.493 e. The lowest BCUT2D eigenvalue weighted by molar-refractivity contribution is -0.144. The van der Waals surface area contributed by atoms with Crippen LogP contribution in [0.4, 0.5) is 0 Å². The first-order valence-corrected chi connectivity index (χ1v) is 10.2. The van der Waals surface area contributed by atoms with Gasteiger partial charge in [-0.2, -0.15) is 0 Å². The van der Waals surface area contributed by atoms with Gasteiger partial charge in [-0.3, -0.25) is 4.79 Å². The highest BCUT2D eigenvalue weighted by Gasteiger charge is 2.40. The smallest absolute Gasteiger partial charge is 0.314 e. The number of hydrogen-bond donors (Lipinski definition) is 0. The maximum absolute atomic E-state index is 13.1. The van der Waals surface area contributed by atoms with E-state index in [0.717, 1.165) is 16.7 Å². The molecule has 1 heterocycles. The van der Waals surface area contributed by atoms with E-state index in [-0.39, 0.29) is 6.79 Å². The van der Waals surface area contributed by atoms with Gasteiger partial charge in [0.15, 0.2) is 23.0 Å². The Bertz CT molecular complexity index is 1100. The monoisotopic (exact) mass is 455 g/mol. The standard InChI is InChI=1S/C24H25NO8/c1-27-19-8-14(9-20(28-2)23(19)29-3)21-16-10-18-17(32-12-33-18)7-13(16)6-15(11-25-31-5)22(21)24(26)30-4/h6-11,21-22H,12H2,1-5H3/t21-,22-/m1/s1. The number of carbonyl (C=O) groups is 1. The van der Waals surface area contributed by atoms with Crippen molar-refractivity contribution in [3.8, 4) is 28.7 Å². The van der Waals surface area contributed by atoms with Crippen LogP contribution >= 0.6 is 0 Å². The zero-order valence-corrected chi connectivity index (χ0v) is 19.0. The number of oxime groups is 1. The molecule has 1 aliphatic carbocycles. The van der Waals surface area contributed by atoms with Gasteiger partial charge in [0.05, 0.1) is 40.6 Å². The molecule has 2 atom stereocenters. The Kier molecular flexibility index (Phi) is 6.30. The van der Waals surface area contributed by atoms with E-state index in [2.05, 4.69) is 5.16 Å². The topological polar surface area (TPSA) is 94.0 Å². The van der Waals surface area contributed by atoms with Gasteiger partial charge in [-0.15, -0.1) is 0 Å². The predicted molar refractivity (Wildman–Crippen MR) is 119 cm³/mol. The number of esters is 1. The van der Waals surface area contributed by atoms with Crippen molar-refractivity contribution in [3.63, 3.8) is 0 Å². The molecule has 9 nitrogen and oxygen atoms in total. The fraction of sp³-hybridized carbons (Fsp3) is 0.333. The second kappa shape index (κ2) is 9.32. The Balaban J connectivity index is 1.99. The maximum atomic E-state index is 13.1. The molecule has 2 aromatic rings. The molecule has 0 aromatic heterocycles. The first-order chi connectivity index (χ1) is 16.1. The molecule has 0 bridgehead atoms. The van der Waals surface area contributed by atoms with E-state index < -0.39 is 17.8 Å². The van der Waals surface area contributed by atoms with Gasteiger partial charge in [-0.1, -0.05) is 5.16 Å². The first-order valence-electron chi connectivity index (χ1n) is 10.2. The number of fused-ring (bicyclic) bond motifs is 2. The van der Waals surface area contributed by atoms with Gasteiger partial charge in [0.25, 0.3) is 0 Å². The highest BCUT2D eigenvalue weighted by atomic mass is 16.7. The van der Waals surface area contributed by atoms with E-state index in [0.29, 0.717) is 34.3 Å². The van der Waals surface area contributed by atoms with Crippen LogP contribution in [0.15, 0.2) is 35.0 Å². The van der Waals surface area contributed by atoms with Crippen LogP contribution < -0.4 is 23.7 Å². The highest BCUT2D eigenvalue weighted by Crippen LogP contribution is 2.50. The second-order valence-electron chi connectivity index (χ2n) is 7.33. The summed E-state index contributed by atoms with van der Waals surface area (Å²) in [7, 11) is 7.42. The molecule has 1 aliphatic heterocycles. The molecule has 4 rings (SSSR count). The van der Waals surface area contributed by atoms with Crippen LogP contribution in [0.2, 0.25) is 0 Å². The summed E-state index contributed by atoms with van der Waals surface area (Å²) < 4.78 is 33.0. The van der Waals surface area contributed by atoms with E-state index in [1.807, 2.05) is 30.3 Å². The van der Waals surface area contributed by atoms with E-state index in [4.69, 9.17) is 33.3 Å². The molecule has 9 heteroatoms. The fourth-order valence-electron chi connectivity index (χ4n) is 4.29. The number of rotatable bonds is 7. The van der Waals surface area contributed by atoms with Gasteiger partial charge < -0.3 is 33.3 Å². The molecule has 33 heavy (non-hydrogen) atoms. The van der Waals surface area contributed by atoms with Crippen LogP contribution in [0.25, 0.3) is 6.08 Å². The zero-order chi connectivity index (χ0) is 23.5. The third kappa shape index (κ3) is 3.90. The molecule has 174 valence electrons. The van der Waals surface area contributed by atoms with Crippen molar-refractivity contribution in [3.05, 3.63) is 46.5 Å². The number of benzene rings is 2. The number of ether oxygens (including phenoxy) is 6. The number of methoxy groups -OCH3 is 4. The van der Waals surface area contributed by atoms with Gasteiger partial charge in [0.1, 0.15) is 7.11 Å². The van der Waals surface area contributed by atoms with Crippen molar-refractivity contribution in [2.45, 2.75) is 5.92 Å². The molecule has 2 aromatic carbocycles. The van der Waals surface area contributed by atoms with Gasteiger partial charge in [-0.05, 0) is 52.6 Å². The van der Waals surface area contributed by atoms with E-state index in [9.17, 15) is 4.79 Å². The highest BCUT2D eigenvalue weighted by molar-refractivity contribution is 5.97. The predicted octanol–water partition coefficient (Wildman–Crippen LogP) is 3.39. The third-order valence-corrected chi connectivity index (χ3v) is 5.74. The summed E-state index contributed by atoms with van der Waals surface area (Å²) in [6.07, 6.45) is 3.38. The molecular weight excluding hydrogens is 430 g/mol. The molecular formula is C24H25NO8. The first kappa shape index (κ1) is 22.3. The Hall–Kier alpha value is -3.88. The molecule has 0 fully saturated rings. The summed E-state index contributed by atoms with van der Waals surface area (Å²) in [4.78, 5) is 18.0. The summed E-state index contributed by atoms with van der Waals surface area (Å²) in [6, 6.07) is 7.43. The molecule has 0 N–H and O–H groups in total. The quantitative estimate of drug-likeness (QED) is 0.356. The average molecular weight is 455 g/mol. The average Bonchev–Trinajstić information content (AvgIpc) is 3.30. The van der Waals surface area contributed by atoms with Gasteiger partial charge in [0, 0.05) is 5.92 Å². The second-order valence-corrected chi connectivity index (χ2v) is 7.33. The SMILES string of the molecule is CON=CC1=Cc2cc3c(cc2[C@@H](c2cc(OC)c(OC)c(OC)c2)[C@@H]1C(=O)OC)OCO3. The Morgan fingerprint density at radius 2 is 1.64 bits per heavy atom. The van der Waals surface area contributed by atoms with Crippen LogP contribution in [0, 0.1) is 5.92 Å². The largest absolute Gasteiger partial charge is 0.493 e. The normalized spacial score (nSPS) is 18.4.